The van der Waals surface area contributed by atoms with Crippen molar-refractivity contribution in [2.45, 2.75) is 23.5 Å². The van der Waals surface area contributed by atoms with Gasteiger partial charge < -0.3 is 4.74 Å². The molecule has 5 heteroatoms. The molecule has 2 aromatic rings. The summed E-state index contributed by atoms with van der Waals surface area (Å²) < 4.78 is 5.31. The van der Waals surface area contributed by atoms with E-state index < -0.39 is 5.25 Å². The van der Waals surface area contributed by atoms with Crippen molar-refractivity contribution in [3.8, 4) is 5.75 Å². The monoisotopic (exact) mass is 327 g/mol. The van der Waals surface area contributed by atoms with Crippen molar-refractivity contribution in [3.05, 3.63) is 54.1 Å². The Kier molecular flexibility index (Phi) is 4.39. The fraction of sp³-hybridized carbons (Fsp3) is 0.222. The molecule has 0 aromatic heterocycles. The van der Waals surface area contributed by atoms with E-state index in [0.29, 0.717) is 11.4 Å². The number of ether oxygens (including phenoxy) is 1. The van der Waals surface area contributed by atoms with Crippen LogP contribution < -0.4 is 9.64 Å². The lowest BCUT2D eigenvalue weighted by molar-refractivity contribution is -0.121. The van der Waals surface area contributed by atoms with E-state index in [-0.39, 0.29) is 18.2 Å². The Morgan fingerprint density at radius 1 is 1.09 bits per heavy atom. The number of carbonyl (C=O) groups excluding carboxylic acids is 2. The molecule has 1 aliphatic rings. The third-order valence-electron chi connectivity index (χ3n) is 3.74. The number of amides is 2. The molecule has 1 atom stereocenters. The van der Waals surface area contributed by atoms with Crippen molar-refractivity contribution in [2.75, 3.05) is 12.0 Å². The number of carbonyl (C=O) groups is 2. The van der Waals surface area contributed by atoms with Gasteiger partial charge in [0, 0.05) is 6.42 Å². The fourth-order valence-corrected chi connectivity index (χ4v) is 3.69. The van der Waals surface area contributed by atoms with Crippen LogP contribution in [0.1, 0.15) is 12.0 Å². The van der Waals surface area contributed by atoms with Crippen molar-refractivity contribution >= 4 is 29.3 Å². The van der Waals surface area contributed by atoms with Gasteiger partial charge in [-0.25, -0.2) is 4.90 Å². The van der Waals surface area contributed by atoms with E-state index >= 15 is 0 Å². The number of imide groups is 1. The SMILES string of the molecule is COc1ccccc1S[C@@H]1CC(=O)N(c2ccc(C)cc2)C1=O. The summed E-state index contributed by atoms with van der Waals surface area (Å²) in [7, 11) is 1.60. The Bertz CT molecular complexity index is 742. The summed E-state index contributed by atoms with van der Waals surface area (Å²) in [5.74, 6) is 0.382. The van der Waals surface area contributed by atoms with Gasteiger partial charge in [-0.1, -0.05) is 29.8 Å². The van der Waals surface area contributed by atoms with E-state index in [1.165, 1.54) is 16.7 Å². The van der Waals surface area contributed by atoms with E-state index in [9.17, 15) is 9.59 Å². The number of hydrogen-bond donors (Lipinski definition) is 0. The van der Waals surface area contributed by atoms with Gasteiger partial charge in [0.25, 0.3) is 0 Å². The second-order valence-electron chi connectivity index (χ2n) is 5.36. The van der Waals surface area contributed by atoms with E-state index in [2.05, 4.69) is 0 Å². The van der Waals surface area contributed by atoms with Gasteiger partial charge in [-0.2, -0.15) is 0 Å². The maximum Gasteiger partial charge on any atom is 0.247 e. The summed E-state index contributed by atoms with van der Waals surface area (Å²) in [6.07, 6.45) is 0.204. The first-order valence-corrected chi connectivity index (χ1v) is 8.21. The molecular formula is C18H17NO3S. The van der Waals surface area contributed by atoms with Gasteiger partial charge >= 0.3 is 0 Å². The minimum absolute atomic E-state index is 0.161. The van der Waals surface area contributed by atoms with Gasteiger partial charge in [0.15, 0.2) is 0 Å². The van der Waals surface area contributed by atoms with Crippen LogP contribution in [0.2, 0.25) is 0 Å². The molecular weight excluding hydrogens is 310 g/mol. The van der Waals surface area contributed by atoms with Gasteiger partial charge in [0.05, 0.1) is 22.9 Å². The summed E-state index contributed by atoms with van der Waals surface area (Å²) in [4.78, 5) is 27.1. The number of anilines is 1. The number of para-hydroxylation sites is 1. The van der Waals surface area contributed by atoms with Gasteiger partial charge in [-0.3, -0.25) is 9.59 Å². The molecule has 2 aromatic carbocycles. The number of thioether (sulfide) groups is 1. The minimum atomic E-state index is -0.417. The zero-order valence-corrected chi connectivity index (χ0v) is 13.8. The predicted molar refractivity (Wildman–Crippen MR) is 90.9 cm³/mol. The van der Waals surface area contributed by atoms with Crippen LogP contribution in [0.5, 0.6) is 5.75 Å². The topological polar surface area (TPSA) is 46.6 Å². The zero-order valence-electron chi connectivity index (χ0n) is 13.0. The average Bonchev–Trinajstić information content (AvgIpc) is 2.83. The molecule has 4 nitrogen and oxygen atoms in total. The average molecular weight is 327 g/mol. The fourth-order valence-electron chi connectivity index (χ4n) is 2.53. The van der Waals surface area contributed by atoms with Gasteiger partial charge in [-0.15, -0.1) is 11.8 Å². The van der Waals surface area contributed by atoms with E-state index in [1.807, 2.05) is 43.3 Å². The van der Waals surface area contributed by atoms with Crippen molar-refractivity contribution < 1.29 is 14.3 Å². The Hall–Kier alpha value is -2.27. The molecule has 0 saturated carbocycles. The predicted octanol–water partition coefficient (Wildman–Crippen LogP) is 3.43. The number of aryl methyl sites for hydroxylation is 1. The van der Waals surface area contributed by atoms with Crippen LogP contribution >= 0.6 is 11.8 Å². The third-order valence-corrected chi connectivity index (χ3v) is 4.98. The highest BCUT2D eigenvalue weighted by atomic mass is 32.2. The van der Waals surface area contributed by atoms with Crippen LogP contribution in [0.15, 0.2) is 53.4 Å². The van der Waals surface area contributed by atoms with Crippen LogP contribution in [0.25, 0.3) is 0 Å². The highest BCUT2D eigenvalue weighted by Crippen LogP contribution is 2.37. The second kappa shape index (κ2) is 6.46. The molecule has 1 heterocycles. The number of rotatable bonds is 4. The smallest absolute Gasteiger partial charge is 0.247 e. The largest absolute Gasteiger partial charge is 0.496 e. The highest BCUT2D eigenvalue weighted by Gasteiger charge is 2.40. The first-order valence-electron chi connectivity index (χ1n) is 7.33. The van der Waals surface area contributed by atoms with Crippen LogP contribution in [-0.4, -0.2) is 24.2 Å². The minimum Gasteiger partial charge on any atom is -0.496 e. The van der Waals surface area contributed by atoms with Crippen LogP contribution in [0.3, 0.4) is 0 Å². The van der Waals surface area contributed by atoms with Crippen LogP contribution in [0, 0.1) is 6.92 Å². The number of benzene rings is 2. The van der Waals surface area contributed by atoms with E-state index in [4.69, 9.17) is 4.74 Å². The molecule has 0 unspecified atom stereocenters. The zero-order chi connectivity index (χ0) is 16.4. The second-order valence-corrected chi connectivity index (χ2v) is 6.61. The lowest BCUT2D eigenvalue weighted by Gasteiger charge is -2.15. The van der Waals surface area contributed by atoms with Crippen molar-refractivity contribution in [1.29, 1.82) is 0 Å². The quantitative estimate of drug-likeness (QED) is 0.807. The molecule has 1 fully saturated rings. The molecule has 0 spiro atoms. The van der Waals surface area contributed by atoms with Crippen molar-refractivity contribution in [3.63, 3.8) is 0 Å². The van der Waals surface area contributed by atoms with Crippen LogP contribution in [-0.2, 0) is 9.59 Å². The highest BCUT2D eigenvalue weighted by molar-refractivity contribution is 8.00. The van der Waals surface area contributed by atoms with E-state index in [1.54, 1.807) is 19.2 Å². The summed E-state index contributed by atoms with van der Waals surface area (Å²) in [6.45, 7) is 1.97. The molecule has 3 rings (SSSR count). The van der Waals surface area contributed by atoms with Gasteiger partial charge in [0.1, 0.15) is 5.75 Å². The number of hydrogen-bond acceptors (Lipinski definition) is 4. The van der Waals surface area contributed by atoms with Gasteiger partial charge in [0.2, 0.25) is 11.8 Å². The first-order chi connectivity index (χ1) is 11.1. The number of methoxy groups -OCH3 is 1. The summed E-state index contributed by atoms with van der Waals surface area (Å²) >= 11 is 1.38. The lowest BCUT2D eigenvalue weighted by atomic mass is 10.2. The van der Waals surface area contributed by atoms with Crippen molar-refractivity contribution in [1.82, 2.24) is 0 Å². The molecule has 23 heavy (non-hydrogen) atoms. The lowest BCUT2D eigenvalue weighted by Crippen LogP contribution is -2.31. The Morgan fingerprint density at radius 2 is 1.78 bits per heavy atom. The molecule has 118 valence electrons. The molecule has 0 N–H and O–H groups in total. The van der Waals surface area contributed by atoms with E-state index in [0.717, 1.165) is 10.5 Å². The summed E-state index contributed by atoms with van der Waals surface area (Å²) in [5, 5.41) is -0.417. The standard InChI is InChI=1S/C18H17NO3S/c1-12-7-9-13(10-8-12)19-17(20)11-16(18(19)21)23-15-6-4-3-5-14(15)22-2/h3-10,16H,11H2,1-2H3/t16-/m1/s1. The summed E-state index contributed by atoms with van der Waals surface area (Å²) in [5.41, 5.74) is 1.72. The summed E-state index contributed by atoms with van der Waals surface area (Å²) in [6, 6.07) is 14.9. The molecule has 1 aliphatic heterocycles. The van der Waals surface area contributed by atoms with Gasteiger partial charge in [-0.05, 0) is 31.2 Å². The third kappa shape index (κ3) is 3.10. The normalized spacial score (nSPS) is 17.7. The maximum absolute atomic E-state index is 12.6. The maximum atomic E-state index is 12.6. The molecule has 0 aliphatic carbocycles. The molecule has 1 saturated heterocycles. The molecule has 2 amide bonds. The Balaban J connectivity index is 1.82. The van der Waals surface area contributed by atoms with Crippen molar-refractivity contribution in [2.24, 2.45) is 0 Å². The Labute approximate surface area is 139 Å². The first kappa shape index (κ1) is 15.6. The Morgan fingerprint density at radius 3 is 2.48 bits per heavy atom. The number of nitrogens with zero attached hydrogens (tertiary/aromatic N) is 1. The molecule has 0 radical (unpaired) electrons. The van der Waals surface area contributed by atoms with Crippen LogP contribution in [0.4, 0.5) is 5.69 Å². The molecule has 0 bridgehead atoms.